The Morgan fingerprint density at radius 1 is 1.10 bits per heavy atom. The Bertz CT molecular complexity index is 1210. The second-order valence-corrected chi connectivity index (χ2v) is 8.08. The van der Waals surface area contributed by atoms with Crippen LogP contribution in [0.2, 0.25) is 0 Å². The lowest BCUT2D eigenvalue weighted by molar-refractivity contribution is -0.132. The van der Waals surface area contributed by atoms with Crippen LogP contribution in [0.25, 0.3) is 11.0 Å². The summed E-state index contributed by atoms with van der Waals surface area (Å²) in [6.45, 7) is 5.26. The number of aliphatic hydroxyl groups is 1. The number of nitrogens with one attached hydrogen (secondary N) is 1. The van der Waals surface area contributed by atoms with Gasteiger partial charge < -0.3 is 15.0 Å². The second-order valence-electron chi connectivity index (χ2n) is 8.08. The molecule has 2 heterocycles. The van der Waals surface area contributed by atoms with E-state index in [1.165, 1.54) is 13.0 Å². The molecule has 0 saturated carbocycles. The molecule has 162 valence electrons. The molecule has 2 aromatic carbocycles. The third-order valence-electron chi connectivity index (χ3n) is 5.81. The molecule has 2 atom stereocenters. The highest BCUT2D eigenvalue weighted by Gasteiger charge is 2.49. The zero-order valence-electron chi connectivity index (χ0n) is 17.3. The Labute approximate surface area is 177 Å². The van der Waals surface area contributed by atoms with Gasteiger partial charge in [0.15, 0.2) is 11.6 Å². The maximum Gasteiger partial charge on any atom is 0.325 e. The number of β-amino-alcohol motifs (C(OH)–C–C–N with tert-alkyl or cyclic N) is 1. The number of rotatable bonds is 5. The average molecular weight is 428 g/mol. The van der Waals surface area contributed by atoms with E-state index in [0.29, 0.717) is 0 Å². The Kier molecular flexibility index (Phi) is 5.01. The Hall–Kier alpha value is -3.33. The van der Waals surface area contributed by atoms with Gasteiger partial charge in [0.2, 0.25) is 0 Å². The van der Waals surface area contributed by atoms with E-state index in [-0.39, 0.29) is 18.7 Å². The van der Waals surface area contributed by atoms with E-state index in [1.54, 1.807) is 10.9 Å². The van der Waals surface area contributed by atoms with Gasteiger partial charge in [-0.15, -0.1) is 0 Å². The number of imidazole rings is 1. The standard InChI is InChI=1S/C22H22F2N4O3/c1-12-6-18-19(7-13(12)2)27(11-25-18)9-15(29)10-28-20(30)22(3,26-21(28)31)14-4-5-16(23)17(24)8-14/h4-8,11,15,29H,9-10H2,1-3H3,(H,26,31). The molecule has 1 aromatic heterocycles. The number of imide groups is 1. The molecule has 0 spiro atoms. The number of urea groups is 1. The summed E-state index contributed by atoms with van der Waals surface area (Å²) in [5.74, 6) is -2.81. The number of aliphatic hydroxyl groups excluding tert-OH is 1. The summed E-state index contributed by atoms with van der Waals surface area (Å²) in [6.07, 6.45) is 0.547. The molecule has 3 amide bonds. The van der Waals surface area contributed by atoms with Crippen molar-refractivity contribution in [3.05, 3.63) is 65.0 Å². The van der Waals surface area contributed by atoms with Crippen molar-refractivity contribution in [2.75, 3.05) is 6.54 Å². The average Bonchev–Trinajstić information content (AvgIpc) is 3.18. The van der Waals surface area contributed by atoms with Gasteiger partial charge in [-0.3, -0.25) is 9.69 Å². The van der Waals surface area contributed by atoms with Crippen LogP contribution in [0.5, 0.6) is 0 Å². The van der Waals surface area contributed by atoms with Crippen molar-refractivity contribution < 1.29 is 23.5 Å². The summed E-state index contributed by atoms with van der Waals surface area (Å²) in [7, 11) is 0. The maximum absolute atomic E-state index is 13.7. The smallest absolute Gasteiger partial charge is 0.325 e. The topological polar surface area (TPSA) is 87.5 Å². The van der Waals surface area contributed by atoms with Gasteiger partial charge in [0, 0.05) is 0 Å². The van der Waals surface area contributed by atoms with Gasteiger partial charge in [-0.1, -0.05) is 6.07 Å². The van der Waals surface area contributed by atoms with Crippen LogP contribution >= 0.6 is 0 Å². The lowest BCUT2D eigenvalue weighted by Crippen LogP contribution is -2.42. The maximum atomic E-state index is 13.7. The summed E-state index contributed by atoms with van der Waals surface area (Å²) in [4.78, 5) is 30.6. The molecule has 0 radical (unpaired) electrons. The molecule has 3 aromatic rings. The van der Waals surface area contributed by atoms with Gasteiger partial charge >= 0.3 is 6.03 Å². The van der Waals surface area contributed by atoms with Gasteiger partial charge in [0.05, 0.1) is 36.6 Å². The zero-order chi connectivity index (χ0) is 22.5. The molecule has 9 heteroatoms. The van der Waals surface area contributed by atoms with E-state index in [9.17, 15) is 23.5 Å². The van der Waals surface area contributed by atoms with Gasteiger partial charge in [0.25, 0.3) is 5.91 Å². The SMILES string of the molecule is Cc1cc2ncn(CC(O)CN3C(=O)NC(C)(c4ccc(F)c(F)c4)C3=O)c2cc1C. The van der Waals surface area contributed by atoms with E-state index in [0.717, 1.165) is 39.2 Å². The van der Waals surface area contributed by atoms with Crippen LogP contribution < -0.4 is 5.32 Å². The number of carbonyl (C=O) groups is 2. The van der Waals surface area contributed by atoms with Gasteiger partial charge in [-0.25, -0.2) is 18.6 Å². The van der Waals surface area contributed by atoms with Crippen molar-refractivity contribution in [1.82, 2.24) is 19.8 Å². The normalized spacial score (nSPS) is 19.9. The molecule has 2 N–H and O–H groups in total. The molecule has 1 aliphatic rings. The molecule has 4 rings (SSSR count). The number of halogens is 2. The Morgan fingerprint density at radius 2 is 1.81 bits per heavy atom. The van der Waals surface area contributed by atoms with Crippen LogP contribution in [0, 0.1) is 25.5 Å². The second kappa shape index (κ2) is 7.42. The first-order valence-electron chi connectivity index (χ1n) is 9.80. The van der Waals surface area contributed by atoms with Crippen LogP contribution in [0.15, 0.2) is 36.7 Å². The van der Waals surface area contributed by atoms with Crippen LogP contribution in [0.4, 0.5) is 13.6 Å². The summed E-state index contributed by atoms with van der Waals surface area (Å²) in [5.41, 5.74) is 2.38. The number of fused-ring (bicyclic) bond motifs is 1. The highest BCUT2D eigenvalue weighted by molar-refractivity contribution is 6.07. The first-order valence-corrected chi connectivity index (χ1v) is 9.80. The number of nitrogens with zero attached hydrogens (tertiary/aromatic N) is 3. The summed E-state index contributed by atoms with van der Waals surface area (Å²) in [6, 6.07) is 6.25. The molecular formula is C22H22F2N4O3. The van der Waals surface area contributed by atoms with Crippen LogP contribution in [-0.2, 0) is 16.9 Å². The van der Waals surface area contributed by atoms with Gasteiger partial charge in [-0.05, 0) is 61.7 Å². The minimum absolute atomic E-state index is 0.119. The van der Waals surface area contributed by atoms with E-state index in [1.807, 2.05) is 26.0 Å². The molecule has 1 aliphatic heterocycles. The number of carbonyl (C=O) groups excluding carboxylic acids is 2. The zero-order valence-corrected chi connectivity index (χ0v) is 17.3. The fourth-order valence-corrected chi connectivity index (χ4v) is 3.82. The molecule has 7 nitrogen and oxygen atoms in total. The number of hydrogen-bond donors (Lipinski definition) is 2. The molecule has 2 unspecified atom stereocenters. The van der Waals surface area contributed by atoms with Crippen molar-refractivity contribution in [1.29, 1.82) is 0 Å². The van der Waals surface area contributed by atoms with E-state index < -0.39 is 35.2 Å². The largest absolute Gasteiger partial charge is 0.389 e. The number of hydrogen-bond acceptors (Lipinski definition) is 4. The summed E-state index contributed by atoms with van der Waals surface area (Å²) >= 11 is 0. The number of amides is 3. The third-order valence-corrected chi connectivity index (χ3v) is 5.81. The predicted molar refractivity (Wildman–Crippen MR) is 109 cm³/mol. The molecule has 0 aliphatic carbocycles. The van der Waals surface area contributed by atoms with Crippen LogP contribution in [0.3, 0.4) is 0 Å². The molecule has 1 fully saturated rings. The minimum Gasteiger partial charge on any atom is -0.389 e. The number of benzene rings is 2. The minimum atomic E-state index is -1.55. The number of aromatic nitrogens is 2. The summed E-state index contributed by atoms with van der Waals surface area (Å²) < 4.78 is 28.7. The highest BCUT2D eigenvalue weighted by Crippen LogP contribution is 2.30. The lowest BCUT2D eigenvalue weighted by Gasteiger charge is -2.23. The van der Waals surface area contributed by atoms with E-state index in [2.05, 4.69) is 10.3 Å². The molecular weight excluding hydrogens is 406 g/mol. The van der Waals surface area contributed by atoms with E-state index in [4.69, 9.17) is 0 Å². The first-order chi connectivity index (χ1) is 14.6. The van der Waals surface area contributed by atoms with Gasteiger partial charge in [-0.2, -0.15) is 0 Å². The highest BCUT2D eigenvalue weighted by atomic mass is 19.2. The van der Waals surface area contributed by atoms with Crippen LogP contribution in [-0.4, -0.2) is 44.1 Å². The first kappa shape index (κ1) is 20.9. The molecule has 1 saturated heterocycles. The monoisotopic (exact) mass is 428 g/mol. The number of aryl methyl sites for hydroxylation is 2. The van der Waals surface area contributed by atoms with E-state index >= 15 is 0 Å². The van der Waals surface area contributed by atoms with Gasteiger partial charge in [0.1, 0.15) is 5.54 Å². The van der Waals surface area contributed by atoms with Crippen molar-refractivity contribution in [3.63, 3.8) is 0 Å². The predicted octanol–water partition coefficient (Wildman–Crippen LogP) is 2.76. The summed E-state index contributed by atoms with van der Waals surface area (Å²) in [5, 5.41) is 13.1. The van der Waals surface area contributed by atoms with Crippen molar-refractivity contribution in [2.24, 2.45) is 0 Å². The third kappa shape index (κ3) is 3.54. The fourth-order valence-electron chi connectivity index (χ4n) is 3.82. The quantitative estimate of drug-likeness (QED) is 0.612. The Balaban J connectivity index is 1.53. The lowest BCUT2D eigenvalue weighted by atomic mass is 9.92. The van der Waals surface area contributed by atoms with Crippen molar-refractivity contribution in [2.45, 2.75) is 39.0 Å². The molecule has 0 bridgehead atoms. The van der Waals surface area contributed by atoms with Crippen molar-refractivity contribution in [3.8, 4) is 0 Å². The van der Waals surface area contributed by atoms with Crippen LogP contribution in [0.1, 0.15) is 23.6 Å². The Morgan fingerprint density at radius 3 is 2.52 bits per heavy atom. The molecule has 31 heavy (non-hydrogen) atoms. The fraction of sp³-hybridized carbons (Fsp3) is 0.318. The van der Waals surface area contributed by atoms with Crippen molar-refractivity contribution >= 4 is 23.0 Å².